The SMILES string of the molecule is O=C(NC(=S)Nc1ccc(Nc2ccccc2)cc1)c1cccc(OCCc2ccccc2)c1. The lowest BCUT2D eigenvalue weighted by atomic mass is 10.2. The number of para-hydroxylation sites is 1. The molecule has 1 amide bonds. The summed E-state index contributed by atoms with van der Waals surface area (Å²) in [6.45, 7) is 0.532. The molecule has 0 fully saturated rings. The zero-order valence-corrected chi connectivity index (χ0v) is 19.3. The van der Waals surface area contributed by atoms with E-state index in [2.05, 4.69) is 28.1 Å². The van der Waals surface area contributed by atoms with Crippen molar-refractivity contribution in [2.75, 3.05) is 17.2 Å². The highest BCUT2D eigenvalue weighted by atomic mass is 32.1. The minimum absolute atomic E-state index is 0.226. The molecule has 0 aliphatic carbocycles. The van der Waals surface area contributed by atoms with Crippen LogP contribution in [0.3, 0.4) is 0 Å². The summed E-state index contributed by atoms with van der Waals surface area (Å²) in [4.78, 5) is 12.6. The van der Waals surface area contributed by atoms with Crippen molar-refractivity contribution in [2.45, 2.75) is 6.42 Å². The first kappa shape index (κ1) is 23.0. The van der Waals surface area contributed by atoms with Gasteiger partial charge in [-0.05, 0) is 72.4 Å². The number of rotatable bonds is 8. The maximum atomic E-state index is 12.6. The van der Waals surface area contributed by atoms with E-state index in [4.69, 9.17) is 17.0 Å². The molecule has 0 atom stereocenters. The topological polar surface area (TPSA) is 62.4 Å². The van der Waals surface area contributed by atoms with Gasteiger partial charge in [0.2, 0.25) is 0 Å². The first-order chi connectivity index (χ1) is 16.7. The van der Waals surface area contributed by atoms with Gasteiger partial charge in [0.25, 0.3) is 5.91 Å². The first-order valence-electron chi connectivity index (χ1n) is 11.0. The lowest BCUT2D eigenvalue weighted by Gasteiger charge is -2.12. The van der Waals surface area contributed by atoms with Gasteiger partial charge in [-0.25, -0.2) is 0 Å². The number of anilines is 3. The molecular weight excluding hydrogens is 442 g/mol. The van der Waals surface area contributed by atoms with E-state index in [-0.39, 0.29) is 11.0 Å². The molecule has 0 aliphatic rings. The number of amides is 1. The molecule has 170 valence electrons. The summed E-state index contributed by atoms with van der Waals surface area (Å²) in [5.74, 6) is 0.345. The van der Waals surface area contributed by atoms with E-state index < -0.39 is 0 Å². The summed E-state index contributed by atoms with van der Waals surface area (Å²) in [7, 11) is 0. The molecule has 6 heteroatoms. The van der Waals surface area contributed by atoms with Gasteiger partial charge < -0.3 is 15.4 Å². The van der Waals surface area contributed by atoms with Crippen LogP contribution in [0.1, 0.15) is 15.9 Å². The predicted octanol–water partition coefficient (Wildman–Crippen LogP) is 6.18. The lowest BCUT2D eigenvalue weighted by molar-refractivity contribution is 0.0977. The van der Waals surface area contributed by atoms with Crippen molar-refractivity contribution in [3.05, 3.63) is 120 Å². The average Bonchev–Trinajstić information content (AvgIpc) is 2.87. The molecule has 0 aromatic heterocycles. The summed E-state index contributed by atoms with van der Waals surface area (Å²) in [6, 6.07) is 34.8. The van der Waals surface area contributed by atoms with Gasteiger partial charge in [-0.15, -0.1) is 0 Å². The van der Waals surface area contributed by atoms with Gasteiger partial charge in [-0.1, -0.05) is 54.6 Å². The number of carbonyl (C=O) groups is 1. The van der Waals surface area contributed by atoms with Gasteiger partial charge in [-0.2, -0.15) is 0 Å². The standard InChI is InChI=1S/C28H25N3O2S/c32-27(22-10-7-13-26(20-22)33-19-18-21-8-3-1-4-9-21)31-28(34)30-25-16-14-24(15-17-25)29-23-11-5-2-6-12-23/h1-17,20,29H,18-19H2,(H2,30,31,32,34). The largest absolute Gasteiger partial charge is 0.493 e. The molecule has 0 bridgehead atoms. The summed E-state index contributed by atoms with van der Waals surface area (Å²) < 4.78 is 5.82. The Kier molecular flexibility index (Phi) is 7.87. The lowest BCUT2D eigenvalue weighted by Crippen LogP contribution is -2.34. The second-order valence-electron chi connectivity index (χ2n) is 7.59. The molecule has 4 aromatic carbocycles. The molecule has 0 spiro atoms. The maximum absolute atomic E-state index is 12.6. The van der Waals surface area contributed by atoms with Crippen LogP contribution in [0.2, 0.25) is 0 Å². The van der Waals surface area contributed by atoms with E-state index >= 15 is 0 Å². The van der Waals surface area contributed by atoms with E-state index in [0.29, 0.717) is 17.9 Å². The van der Waals surface area contributed by atoms with Gasteiger partial charge in [0.05, 0.1) is 6.61 Å². The third kappa shape index (κ3) is 6.92. The van der Waals surface area contributed by atoms with Crippen molar-refractivity contribution in [3.8, 4) is 5.75 Å². The second kappa shape index (κ2) is 11.6. The van der Waals surface area contributed by atoms with Crippen LogP contribution in [0, 0.1) is 0 Å². The van der Waals surface area contributed by atoms with Crippen LogP contribution in [-0.4, -0.2) is 17.6 Å². The van der Waals surface area contributed by atoms with Crippen molar-refractivity contribution in [3.63, 3.8) is 0 Å². The number of thiocarbonyl (C=S) groups is 1. The van der Waals surface area contributed by atoms with Crippen LogP contribution in [0.5, 0.6) is 5.75 Å². The first-order valence-corrected chi connectivity index (χ1v) is 11.4. The van der Waals surface area contributed by atoms with Crippen molar-refractivity contribution in [1.29, 1.82) is 0 Å². The monoisotopic (exact) mass is 467 g/mol. The Morgan fingerprint density at radius 3 is 2.12 bits per heavy atom. The van der Waals surface area contributed by atoms with E-state index in [1.165, 1.54) is 5.56 Å². The van der Waals surface area contributed by atoms with Gasteiger partial charge in [0.15, 0.2) is 5.11 Å². The third-order valence-electron chi connectivity index (χ3n) is 5.03. The minimum atomic E-state index is -0.298. The molecule has 0 saturated heterocycles. The maximum Gasteiger partial charge on any atom is 0.257 e. The highest BCUT2D eigenvalue weighted by molar-refractivity contribution is 7.80. The molecule has 4 aromatic rings. The Balaban J connectivity index is 1.27. The Labute approximate surface area is 204 Å². The number of hydrogen-bond donors (Lipinski definition) is 3. The molecule has 4 rings (SSSR count). The Morgan fingerprint density at radius 2 is 1.38 bits per heavy atom. The highest BCUT2D eigenvalue weighted by Crippen LogP contribution is 2.19. The number of hydrogen-bond acceptors (Lipinski definition) is 4. The number of nitrogens with one attached hydrogen (secondary N) is 3. The number of carbonyl (C=O) groups excluding carboxylic acids is 1. The Hall–Kier alpha value is -4.16. The van der Waals surface area contributed by atoms with Crippen molar-refractivity contribution < 1.29 is 9.53 Å². The van der Waals surface area contributed by atoms with Gasteiger partial charge in [0, 0.05) is 29.0 Å². The van der Waals surface area contributed by atoms with Crippen LogP contribution in [0.25, 0.3) is 0 Å². The molecule has 0 heterocycles. The highest BCUT2D eigenvalue weighted by Gasteiger charge is 2.09. The van der Waals surface area contributed by atoms with Crippen LogP contribution in [0.15, 0.2) is 109 Å². The molecular formula is C28H25N3O2S. The molecule has 0 saturated carbocycles. The van der Waals surface area contributed by atoms with E-state index in [1.54, 1.807) is 18.2 Å². The van der Waals surface area contributed by atoms with Gasteiger partial charge in [0.1, 0.15) is 5.75 Å². The fourth-order valence-electron chi connectivity index (χ4n) is 3.32. The molecule has 0 unspecified atom stereocenters. The van der Waals surface area contributed by atoms with Gasteiger partial charge >= 0.3 is 0 Å². The van der Waals surface area contributed by atoms with Crippen LogP contribution in [-0.2, 0) is 6.42 Å². The Bertz CT molecular complexity index is 1230. The van der Waals surface area contributed by atoms with Crippen LogP contribution < -0.4 is 20.7 Å². The normalized spacial score (nSPS) is 10.2. The molecule has 34 heavy (non-hydrogen) atoms. The summed E-state index contributed by atoms with van der Waals surface area (Å²) in [5.41, 5.74) is 4.43. The van der Waals surface area contributed by atoms with E-state index in [9.17, 15) is 4.79 Å². The predicted molar refractivity (Wildman–Crippen MR) is 142 cm³/mol. The average molecular weight is 468 g/mol. The number of ether oxygens (including phenoxy) is 1. The second-order valence-corrected chi connectivity index (χ2v) is 8.00. The third-order valence-corrected chi connectivity index (χ3v) is 5.23. The van der Waals surface area contributed by atoms with Crippen LogP contribution >= 0.6 is 12.2 Å². The zero-order chi connectivity index (χ0) is 23.6. The molecule has 0 aliphatic heterocycles. The molecule has 5 nitrogen and oxygen atoms in total. The smallest absolute Gasteiger partial charge is 0.257 e. The zero-order valence-electron chi connectivity index (χ0n) is 18.5. The Morgan fingerprint density at radius 1 is 0.735 bits per heavy atom. The van der Waals surface area contributed by atoms with E-state index in [0.717, 1.165) is 23.5 Å². The molecule has 0 radical (unpaired) electrons. The number of benzene rings is 4. The molecule has 3 N–H and O–H groups in total. The van der Waals surface area contributed by atoms with Crippen molar-refractivity contribution in [2.24, 2.45) is 0 Å². The summed E-state index contributed by atoms with van der Waals surface area (Å²) in [6.07, 6.45) is 0.797. The fourth-order valence-corrected chi connectivity index (χ4v) is 3.53. The summed E-state index contributed by atoms with van der Waals surface area (Å²) in [5, 5.41) is 9.31. The minimum Gasteiger partial charge on any atom is -0.493 e. The van der Waals surface area contributed by atoms with Gasteiger partial charge in [-0.3, -0.25) is 10.1 Å². The fraction of sp³-hybridized carbons (Fsp3) is 0.0714. The summed E-state index contributed by atoms with van der Waals surface area (Å²) >= 11 is 5.32. The van der Waals surface area contributed by atoms with E-state index in [1.807, 2.05) is 78.9 Å². The van der Waals surface area contributed by atoms with Crippen molar-refractivity contribution in [1.82, 2.24) is 5.32 Å². The van der Waals surface area contributed by atoms with Crippen LogP contribution in [0.4, 0.5) is 17.1 Å². The van der Waals surface area contributed by atoms with Crippen molar-refractivity contribution >= 4 is 40.3 Å². The quantitative estimate of drug-likeness (QED) is 0.270.